The number of benzene rings is 1. The van der Waals surface area contributed by atoms with Crippen molar-refractivity contribution in [1.82, 2.24) is 20.9 Å². The van der Waals surface area contributed by atoms with E-state index in [0.717, 1.165) is 10.9 Å². The average Bonchev–Trinajstić information content (AvgIpc) is 3.25. The minimum absolute atomic E-state index is 0.00133. The smallest absolute Gasteiger partial charge is 0.326 e. The van der Waals surface area contributed by atoms with Gasteiger partial charge in [0, 0.05) is 29.9 Å². The molecule has 10 N–H and O–H groups in total. The van der Waals surface area contributed by atoms with Gasteiger partial charge in [-0.15, -0.1) is 0 Å². The summed E-state index contributed by atoms with van der Waals surface area (Å²) in [6, 6.07) is 2.27. The first kappa shape index (κ1) is 29.3. The summed E-state index contributed by atoms with van der Waals surface area (Å²) < 4.78 is 0. The van der Waals surface area contributed by atoms with Crippen LogP contribution in [0.3, 0.4) is 0 Å². The molecule has 0 aliphatic carbocycles. The molecule has 13 nitrogen and oxygen atoms in total. The van der Waals surface area contributed by atoms with Gasteiger partial charge in [0.15, 0.2) is 0 Å². The number of primary amides is 1. The number of aromatic amines is 1. The van der Waals surface area contributed by atoms with E-state index in [-0.39, 0.29) is 19.3 Å². The second kappa shape index (κ2) is 13.4. The number of aliphatic hydroxyl groups is 1. The minimum Gasteiger partial charge on any atom is -0.480 e. The molecule has 13 heteroatoms. The van der Waals surface area contributed by atoms with Gasteiger partial charge in [0.05, 0.1) is 6.61 Å². The Hall–Kier alpha value is -3.97. The Morgan fingerprint density at radius 1 is 0.973 bits per heavy atom. The van der Waals surface area contributed by atoms with E-state index < -0.39 is 66.3 Å². The lowest BCUT2D eigenvalue weighted by Gasteiger charge is -2.26. The summed E-state index contributed by atoms with van der Waals surface area (Å²) in [5.41, 5.74) is 12.2. The van der Waals surface area contributed by atoms with E-state index in [2.05, 4.69) is 20.9 Å². The van der Waals surface area contributed by atoms with Crippen molar-refractivity contribution >= 4 is 40.5 Å². The predicted molar refractivity (Wildman–Crippen MR) is 134 cm³/mol. The number of rotatable bonds is 14. The normalized spacial score (nSPS) is 14.4. The highest BCUT2D eigenvalue weighted by Crippen LogP contribution is 2.19. The number of carboxylic acid groups (broad SMARTS) is 1. The third-order valence-corrected chi connectivity index (χ3v) is 5.81. The molecular weight excluding hydrogens is 484 g/mol. The molecule has 0 saturated heterocycles. The molecular formula is C24H34N6O7. The predicted octanol–water partition coefficient (Wildman–Crippen LogP) is -1.51. The van der Waals surface area contributed by atoms with Gasteiger partial charge in [-0.3, -0.25) is 19.2 Å². The molecule has 37 heavy (non-hydrogen) atoms. The Bertz CT molecular complexity index is 1130. The van der Waals surface area contributed by atoms with Gasteiger partial charge >= 0.3 is 5.97 Å². The number of amides is 4. The zero-order chi connectivity index (χ0) is 27.7. The van der Waals surface area contributed by atoms with E-state index in [0.29, 0.717) is 5.56 Å². The summed E-state index contributed by atoms with van der Waals surface area (Å²) >= 11 is 0. The molecule has 0 radical (unpaired) electrons. The molecule has 0 aliphatic heterocycles. The standard InChI is InChI=1S/C24H34N6O7/c1-12(2)20(24(36)37)30-23(35)18(9-13-10-27-16-6-4-3-5-14(13)16)29-22(34)17(7-8-19(26)32)28-21(33)15(25)11-31/h3-6,10,12,15,17-18,20,27,31H,7-9,11,25H2,1-2H3,(H2,26,32)(H,28,33)(H,29,34)(H,30,35)(H,36,37). The Kier molecular flexibility index (Phi) is 10.6. The third-order valence-electron chi connectivity index (χ3n) is 5.81. The van der Waals surface area contributed by atoms with Crippen LogP contribution in [-0.2, 0) is 30.4 Å². The zero-order valence-electron chi connectivity index (χ0n) is 20.7. The number of aromatic nitrogens is 1. The van der Waals surface area contributed by atoms with Gasteiger partial charge in [-0.1, -0.05) is 32.0 Å². The maximum Gasteiger partial charge on any atom is 0.326 e. The molecule has 1 aromatic heterocycles. The zero-order valence-corrected chi connectivity index (χ0v) is 20.7. The number of carbonyl (C=O) groups excluding carboxylic acids is 4. The van der Waals surface area contributed by atoms with Crippen LogP contribution in [0.1, 0.15) is 32.3 Å². The van der Waals surface area contributed by atoms with Crippen LogP contribution in [0, 0.1) is 5.92 Å². The van der Waals surface area contributed by atoms with Crippen molar-refractivity contribution in [3.05, 3.63) is 36.0 Å². The number of carbonyl (C=O) groups is 5. The molecule has 0 saturated carbocycles. The number of H-pyrrole nitrogens is 1. The Balaban J connectivity index is 2.34. The van der Waals surface area contributed by atoms with E-state index in [4.69, 9.17) is 16.6 Å². The fourth-order valence-corrected chi connectivity index (χ4v) is 3.69. The second-order valence-corrected chi connectivity index (χ2v) is 9.05. The van der Waals surface area contributed by atoms with E-state index >= 15 is 0 Å². The number of aliphatic carboxylic acids is 1. The van der Waals surface area contributed by atoms with Crippen LogP contribution in [0.2, 0.25) is 0 Å². The summed E-state index contributed by atoms with van der Waals surface area (Å²) in [5, 5.41) is 26.8. The van der Waals surface area contributed by atoms with Gasteiger partial charge in [-0.05, 0) is 24.0 Å². The molecule has 0 aliphatic rings. The molecule has 0 bridgehead atoms. The highest BCUT2D eigenvalue weighted by Gasteiger charge is 2.32. The van der Waals surface area contributed by atoms with Crippen molar-refractivity contribution in [1.29, 1.82) is 0 Å². The van der Waals surface area contributed by atoms with Gasteiger partial charge in [-0.25, -0.2) is 4.79 Å². The highest BCUT2D eigenvalue weighted by atomic mass is 16.4. The van der Waals surface area contributed by atoms with Crippen LogP contribution >= 0.6 is 0 Å². The number of hydrogen-bond acceptors (Lipinski definition) is 7. The van der Waals surface area contributed by atoms with Crippen molar-refractivity contribution in [3.63, 3.8) is 0 Å². The lowest BCUT2D eigenvalue weighted by atomic mass is 10.0. The fraction of sp³-hybridized carbons (Fsp3) is 0.458. The summed E-state index contributed by atoms with van der Waals surface area (Å²) in [6.07, 6.45) is 1.25. The summed E-state index contributed by atoms with van der Waals surface area (Å²) in [6.45, 7) is 2.59. The van der Waals surface area contributed by atoms with E-state index in [1.165, 1.54) is 0 Å². The van der Waals surface area contributed by atoms with E-state index in [1.54, 1.807) is 20.0 Å². The van der Waals surface area contributed by atoms with E-state index in [1.807, 2.05) is 24.3 Å². The van der Waals surface area contributed by atoms with E-state index in [9.17, 15) is 29.1 Å². The quantitative estimate of drug-likeness (QED) is 0.146. The summed E-state index contributed by atoms with van der Waals surface area (Å²) in [5.74, 6) is -4.77. The third kappa shape index (κ3) is 8.29. The van der Waals surface area contributed by atoms with Crippen LogP contribution in [0.15, 0.2) is 30.5 Å². The van der Waals surface area contributed by atoms with Crippen molar-refractivity contribution in [2.45, 2.75) is 57.3 Å². The molecule has 4 unspecified atom stereocenters. The van der Waals surface area contributed by atoms with Gasteiger partial charge in [0.2, 0.25) is 23.6 Å². The first-order chi connectivity index (χ1) is 17.4. The second-order valence-electron chi connectivity index (χ2n) is 9.05. The van der Waals surface area contributed by atoms with Gasteiger partial charge < -0.3 is 42.6 Å². The van der Waals surface area contributed by atoms with Crippen LogP contribution in [0.5, 0.6) is 0 Å². The maximum atomic E-state index is 13.2. The molecule has 4 atom stereocenters. The molecule has 1 heterocycles. The van der Waals surface area contributed by atoms with Gasteiger partial charge in [-0.2, -0.15) is 0 Å². The summed E-state index contributed by atoms with van der Waals surface area (Å²) in [4.78, 5) is 64.6. The molecule has 202 valence electrons. The topological polar surface area (TPSA) is 230 Å². The van der Waals surface area contributed by atoms with Crippen molar-refractivity contribution in [3.8, 4) is 0 Å². The van der Waals surface area contributed by atoms with Crippen LogP contribution < -0.4 is 27.4 Å². The Morgan fingerprint density at radius 2 is 1.59 bits per heavy atom. The fourth-order valence-electron chi connectivity index (χ4n) is 3.69. The molecule has 4 amide bonds. The molecule has 2 rings (SSSR count). The van der Waals surface area contributed by atoms with Crippen molar-refractivity contribution in [2.24, 2.45) is 17.4 Å². The highest BCUT2D eigenvalue weighted by molar-refractivity contribution is 5.95. The number of nitrogens with one attached hydrogen (secondary N) is 4. The van der Waals surface area contributed by atoms with Gasteiger partial charge in [0.25, 0.3) is 0 Å². The number of aliphatic hydroxyl groups excluding tert-OH is 1. The first-order valence-electron chi connectivity index (χ1n) is 11.8. The molecule has 0 fully saturated rings. The number of nitrogens with two attached hydrogens (primary N) is 2. The summed E-state index contributed by atoms with van der Waals surface area (Å²) in [7, 11) is 0. The van der Waals surface area contributed by atoms with Crippen LogP contribution in [0.25, 0.3) is 10.9 Å². The minimum atomic E-state index is -1.31. The number of hydrogen-bond donors (Lipinski definition) is 8. The first-order valence-corrected chi connectivity index (χ1v) is 11.8. The Labute approximate surface area is 213 Å². The number of para-hydroxylation sites is 1. The lowest BCUT2D eigenvalue weighted by molar-refractivity contribution is -0.143. The molecule has 0 spiro atoms. The van der Waals surface area contributed by atoms with Crippen LogP contribution in [0.4, 0.5) is 0 Å². The largest absolute Gasteiger partial charge is 0.480 e. The van der Waals surface area contributed by atoms with Crippen molar-refractivity contribution in [2.75, 3.05) is 6.61 Å². The Morgan fingerprint density at radius 3 is 2.19 bits per heavy atom. The molecule has 2 aromatic rings. The van der Waals surface area contributed by atoms with Crippen molar-refractivity contribution < 1.29 is 34.2 Å². The maximum absolute atomic E-state index is 13.2. The molecule has 1 aromatic carbocycles. The van der Waals surface area contributed by atoms with Crippen LogP contribution in [-0.4, -0.2) is 75.6 Å². The van der Waals surface area contributed by atoms with Gasteiger partial charge in [0.1, 0.15) is 24.2 Å². The SMILES string of the molecule is CC(C)C(NC(=O)C(Cc1c[nH]c2ccccc12)NC(=O)C(CCC(N)=O)NC(=O)C(N)CO)C(=O)O. The lowest BCUT2D eigenvalue weighted by Crippen LogP contribution is -2.58. The average molecular weight is 519 g/mol. The number of carboxylic acids is 1. The monoisotopic (exact) mass is 518 g/mol. The number of fused-ring (bicyclic) bond motifs is 1.